The minimum atomic E-state index is -0.988. The molecule has 10 nitrogen and oxygen atoms in total. The van der Waals surface area contributed by atoms with E-state index >= 15 is 0 Å². The number of hydrogen-bond donors (Lipinski definition) is 2. The number of carbonyl (C=O) groups is 1. The lowest BCUT2D eigenvalue weighted by molar-refractivity contribution is -0.393. The Hall–Kier alpha value is -3.04. The number of nitro groups is 2. The van der Waals surface area contributed by atoms with Crippen molar-refractivity contribution in [3.8, 4) is 0 Å². The predicted molar refractivity (Wildman–Crippen MR) is 68.7 cm³/mol. The molecule has 1 aromatic rings. The van der Waals surface area contributed by atoms with E-state index in [-0.39, 0.29) is 18.5 Å². The summed E-state index contributed by atoms with van der Waals surface area (Å²) in [5.74, 6) is -0.988. The first-order valence-corrected chi connectivity index (χ1v) is 5.34. The SMILES string of the molecule is O=C(O)CC/C=N/Nc1ccc([N+](=O)[O-])cc1[N+](=O)[O-]. The first-order chi connectivity index (χ1) is 9.41. The van der Waals surface area contributed by atoms with Crippen molar-refractivity contribution in [2.45, 2.75) is 12.8 Å². The normalized spacial score (nSPS) is 10.4. The van der Waals surface area contributed by atoms with E-state index in [9.17, 15) is 25.0 Å². The van der Waals surface area contributed by atoms with E-state index in [2.05, 4.69) is 10.5 Å². The standard InChI is InChI=1S/C10H10N4O6/c15-10(16)2-1-5-11-12-8-4-3-7(13(17)18)6-9(8)14(19)20/h3-6,12H,1-2H2,(H,15,16)/b11-5+. The molecule has 0 fully saturated rings. The Morgan fingerprint density at radius 2 is 2.05 bits per heavy atom. The summed E-state index contributed by atoms with van der Waals surface area (Å²) in [7, 11) is 0. The van der Waals surface area contributed by atoms with E-state index in [1.54, 1.807) is 0 Å². The fraction of sp³-hybridized carbons (Fsp3) is 0.200. The number of carboxylic acid groups (broad SMARTS) is 1. The van der Waals surface area contributed by atoms with Crippen molar-refractivity contribution in [3.05, 3.63) is 38.4 Å². The fourth-order valence-corrected chi connectivity index (χ4v) is 1.25. The summed E-state index contributed by atoms with van der Waals surface area (Å²) < 4.78 is 0. The van der Waals surface area contributed by atoms with Crippen molar-refractivity contribution >= 4 is 29.2 Å². The van der Waals surface area contributed by atoms with Crippen molar-refractivity contribution in [1.82, 2.24) is 0 Å². The monoisotopic (exact) mass is 282 g/mol. The Morgan fingerprint density at radius 1 is 1.35 bits per heavy atom. The van der Waals surface area contributed by atoms with Gasteiger partial charge in [-0.2, -0.15) is 5.10 Å². The molecule has 0 aliphatic heterocycles. The van der Waals surface area contributed by atoms with E-state index in [0.717, 1.165) is 18.2 Å². The molecule has 0 saturated heterocycles. The second-order valence-electron chi connectivity index (χ2n) is 3.57. The average molecular weight is 282 g/mol. The largest absolute Gasteiger partial charge is 0.481 e. The summed E-state index contributed by atoms with van der Waals surface area (Å²) in [6.45, 7) is 0. The summed E-state index contributed by atoms with van der Waals surface area (Å²) in [6, 6.07) is 3.07. The molecule has 2 N–H and O–H groups in total. The summed E-state index contributed by atoms with van der Waals surface area (Å²) >= 11 is 0. The van der Waals surface area contributed by atoms with Crippen molar-refractivity contribution in [2.24, 2.45) is 5.10 Å². The molecule has 106 valence electrons. The highest BCUT2D eigenvalue weighted by Gasteiger charge is 2.18. The van der Waals surface area contributed by atoms with Crippen LogP contribution < -0.4 is 5.43 Å². The predicted octanol–water partition coefficient (Wildman–Crippen LogP) is 1.77. The van der Waals surface area contributed by atoms with Crippen LogP contribution in [-0.2, 0) is 4.79 Å². The molecule has 1 rings (SSSR count). The minimum Gasteiger partial charge on any atom is -0.481 e. The molecule has 0 atom stereocenters. The molecule has 0 bridgehead atoms. The molecule has 0 saturated carbocycles. The number of nitrogens with zero attached hydrogens (tertiary/aromatic N) is 3. The van der Waals surface area contributed by atoms with Crippen LogP contribution in [0.25, 0.3) is 0 Å². The summed E-state index contributed by atoms with van der Waals surface area (Å²) in [6.07, 6.45) is 1.29. The molecular weight excluding hydrogens is 272 g/mol. The minimum absolute atomic E-state index is 0.0211. The van der Waals surface area contributed by atoms with Crippen LogP contribution in [0.2, 0.25) is 0 Å². The molecule has 10 heteroatoms. The first kappa shape index (κ1) is 15.0. The highest BCUT2D eigenvalue weighted by atomic mass is 16.6. The number of carboxylic acids is 1. The van der Waals surface area contributed by atoms with Crippen LogP contribution in [0.1, 0.15) is 12.8 Å². The van der Waals surface area contributed by atoms with Gasteiger partial charge in [-0.25, -0.2) is 0 Å². The number of aliphatic carboxylic acids is 1. The third-order valence-electron chi connectivity index (χ3n) is 2.15. The average Bonchev–Trinajstić information content (AvgIpc) is 2.37. The zero-order valence-corrected chi connectivity index (χ0v) is 10.1. The smallest absolute Gasteiger partial charge is 0.303 e. The molecule has 0 aliphatic carbocycles. The number of benzene rings is 1. The number of nitro benzene ring substituents is 2. The van der Waals surface area contributed by atoms with E-state index in [0.29, 0.717) is 0 Å². The van der Waals surface area contributed by atoms with Crippen molar-refractivity contribution in [3.63, 3.8) is 0 Å². The van der Waals surface area contributed by atoms with Crippen LogP contribution >= 0.6 is 0 Å². The van der Waals surface area contributed by atoms with Crippen molar-refractivity contribution in [1.29, 1.82) is 0 Å². The van der Waals surface area contributed by atoms with Crippen molar-refractivity contribution < 1.29 is 19.7 Å². The van der Waals surface area contributed by atoms with Gasteiger partial charge in [0.2, 0.25) is 0 Å². The van der Waals surface area contributed by atoms with Gasteiger partial charge in [-0.1, -0.05) is 0 Å². The molecule has 20 heavy (non-hydrogen) atoms. The fourth-order valence-electron chi connectivity index (χ4n) is 1.25. The van der Waals surface area contributed by atoms with Crippen molar-refractivity contribution in [2.75, 3.05) is 5.43 Å². The molecule has 0 amide bonds. The first-order valence-electron chi connectivity index (χ1n) is 5.34. The number of hydrogen-bond acceptors (Lipinski definition) is 7. The number of hydrazone groups is 1. The van der Waals surface area contributed by atoms with Crippen LogP contribution in [0.3, 0.4) is 0 Å². The third-order valence-corrected chi connectivity index (χ3v) is 2.15. The Balaban J connectivity index is 2.81. The molecule has 0 unspecified atom stereocenters. The highest BCUT2D eigenvalue weighted by molar-refractivity contribution is 5.72. The molecule has 0 heterocycles. The Kier molecular flexibility index (Phi) is 5.09. The molecule has 1 aromatic carbocycles. The van der Waals surface area contributed by atoms with Gasteiger partial charge in [0.05, 0.1) is 22.3 Å². The van der Waals surface area contributed by atoms with Gasteiger partial charge in [0.1, 0.15) is 5.69 Å². The van der Waals surface area contributed by atoms with Gasteiger partial charge in [-0.3, -0.25) is 30.4 Å². The van der Waals surface area contributed by atoms with Gasteiger partial charge in [-0.05, 0) is 12.5 Å². The number of anilines is 1. The van der Waals surface area contributed by atoms with Crippen LogP contribution in [0.5, 0.6) is 0 Å². The topological polar surface area (TPSA) is 148 Å². The zero-order valence-electron chi connectivity index (χ0n) is 10.1. The molecule has 0 aliphatic rings. The lowest BCUT2D eigenvalue weighted by Gasteiger charge is -2.01. The van der Waals surface area contributed by atoms with E-state index in [4.69, 9.17) is 5.11 Å². The molecular formula is C10H10N4O6. The van der Waals surface area contributed by atoms with E-state index < -0.39 is 27.2 Å². The van der Waals surface area contributed by atoms with E-state index in [1.807, 2.05) is 0 Å². The van der Waals surface area contributed by atoms with Crippen LogP contribution in [0, 0.1) is 20.2 Å². The summed E-state index contributed by atoms with van der Waals surface area (Å²) in [5.41, 5.74) is 1.43. The molecule has 0 aromatic heterocycles. The van der Waals surface area contributed by atoms with Gasteiger partial charge in [-0.15, -0.1) is 0 Å². The van der Waals surface area contributed by atoms with Gasteiger partial charge >= 0.3 is 11.7 Å². The van der Waals surface area contributed by atoms with E-state index in [1.165, 1.54) is 6.21 Å². The number of rotatable bonds is 7. The van der Waals surface area contributed by atoms with Crippen LogP contribution in [0.15, 0.2) is 23.3 Å². The van der Waals surface area contributed by atoms with Crippen LogP contribution in [0.4, 0.5) is 17.1 Å². The number of non-ortho nitro benzene ring substituents is 1. The van der Waals surface area contributed by atoms with Gasteiger partial charge in [0.15, 0.2) is 0 Å². The van der Waals surface area contributed by atoms with Gasteiger partial charge in [0, 0.05) is 12.3 Å². The Bertz CT molecular complexity index is 571. The highest BCUT2D eigenvalue weighted by Crippen LogP contribution is 2.28. The maximum atomic E-state index is 10.8. The lowest BCUT2D eigenvalue weighted by Crippen LogP contribution is -1.99. The second kappa shape index (κ2) is 6.78. The maximum absolute atomic E-state index is 10.8. The van der Waals surface area contributed by atoms with Gasteiger partial charge < -0.3 is 5.11 Å². The quantitative estimate of drug-likeness (QED) is 0.439. The maximum Gasteiger partial charge on any atom is 0.303 e. The molecule has 0 radical (unpaired) electrons. The second-order valence-corrected chi connectivity index (χ2v) is 3.57. The zero-order chi connectivity index (χ0) is 15.1. The lowest BCUT2D eigenvalue weighted by atomic mass is 10.2. The van der Waals surface area contributed by atoms with Crippen LogP contribution in [-0.4, -0.2) is 27.1 Å². The summed E-state index contributed by atoms with van der Waals surface area (Å²) in [4.78, 5) is 30.0. The molecule has 0 spiro atoms. The Labute approximate surface area is 112 Å². The number of nitrogens with one attached hydrogen (secondary N) is 1. The summed E-state index contributed by atoms with van der Waals surface area (Å²) in [5, 5.41) is 33.3. The Morgan fingerprint density at radius 3 is 2.60 bits per heavy atom. The third kappa shape index (κ3) is 4.33. The van der Waals surface area contributed by atoms with Gasteiger partial charge in [0.25, 0.3) is 5.69 Å².